The lowest BCUT2D eigenvalue weighted by Crippen LogP contribution is -2.52. The maximum Gasteiger partial charge on any atom is 0.410 e. The second-order valence-corrected chi connectivity index (χ2v) is 7.45. The molecule has 1 aliphatic heterocycles. The lowest BCUT2D eigenvalue weighted by molar-refractivity contribution is -0.131. The van der Waals surface area contributed by atoms with Crippen LogP contribution in [0.1, 0.15) is 20.8 Å². The second kappa shape index (κ2) is 9.62. The van der Waals surface area contributed by atoms with Crippen molar-refractivity contribution in [3.05, 3.63) is 18.2 Å². The number of anilines is 1. The van der Waals surface area contributed by atoms with Crippen LogP contribution in [-0.2, 0) is 9.53 Å². The lowest BCUT2D eigenvalue weighted by Gasteiger charge is -2.35. The number of rotatable bonds is 6. The van der Waals surface area contributed by atoms with E-state index in [4.69, 9.17) is 9.47 Å². The molecule has 1 aliphatic rings. The number of hydrogen-bond donors (Lipinski definition) is 1. The van der Waals surface area contributed by atoms with Gasteiger partial charge in [-0.05, 0) is 32.9 Å². The number of alkyl halides is 2. The number of nitrogens with zero attached hydrogens (tertiary/aromatic N) is 2. The van der Waals surface area contributed by atoms with Gasteiger partial charge in [0.25, 0.3) is 0 Å². The second-order valence-electron chi connectivity index (χ2n) is 7.45. The lowest BCUT2D eigenvalue weighted by atomic mass is 10.2. The highest BCUT2D eigenvalue weighted by Gasteiger charge is 2.27. The maximum atomic E-state index is 12.5. The number of ether oxygens (including phenoxy) is 3. The first kappa shape index (κ1) is 22.5. The summed E-state index contributed by atoms with van der Waals surface area (Å²) >= 11 is 0. The van der Waals surface area contributed by atoms with Crippen LogP contribution in [-0.4, -0.2) is 73.8 Å². The van der Waals surface area contributed by atoms with Crippen molar-refractivity contribution < 1.29 is 32.6 Å². The van der Waals surface area contributed by atoms with Gasteiger partial charge in [-0.3, -0.25) is 4.79 Å². The predicted octanol–water partition coefficient (Wildman–Crippen LogP) is 2.79. The van der Waals surface area contributed by atoms with Crippen molar-refractivity contribution in [2.24, 2.45) is 0 Å². The molecule has 0 spiro atoms. The fraction of sp³-hybridized carbons (Fsp3) is 0.579. The Morgan fingerprint density at radius 2 is 1.72 bits per heavy atom. The van der Waals surface area contributed by atoms with E-state index in [1.165, 1.54) is 19.2 Å². The van der Waals surface area contributed by atoms with Crippen LogP contribution in [0.2, 0.25) is 0 Å². The molecule has 0 aliphatic carbocycles. The van der Waals surface area contributed by atoms with E-state index in [0.29, 0.717) is 31.9 Å². The van der Waals surface area contributed by atoms with Crippen molar-refractivity contribution in [3.8, 4) is 11.5 Å². The van der Waals surface area contributed by atoms with Gasteiger partial charge in [-0.25, -0.2) is 4.79 Å². The number of nitrogens with one attached hydrogen (secondary N) is 1. The smallest absolute Gasteiger partial charge is 0.410 e. The van der Waals surface area contributed by atoms with Gasteiger partial charge in [0.1, 0.15) is 5.60 Å². The molecular formula is C19H27F2N3O5. The number of carbonyl (C=O) groups excluding carboxylic acids is 2. The number of carbonyl (C=O) groups is 2. The molecular weight excluding hydrogens is 388 g/mol. The summed E-state index contributed by atoms with van der Waals surface area (Å²) in [5.74, 6) is -0.118. The van der Waals surface area contributed by atoms with Crippen LogP contribution in [0, 0.1) is 0 Å². The molecule has 1 aromatic carbocycles. The summed E-state index contributed by atoms with van der Waals surface area (Å²) < 4.78 is 39.8. The van der Waals surface area contributed by atoms with E-state index >= 15 is 0 Å². The van der Waals surface area contributed by atoms with Crippen LogP contribution < -0.4 is 14.8 Å². The largest absolute Gasteiger partial charge is 0.493 e. The highest BCUT2D eigenvalue weighted by Crippen LogP contribution is 2.31. The van der Waals surface area contributed by atoms with Crippen molar-refractivity contribution in [2.45, 2.75) is 33.0 Å². The fourth-order valence-corrected chi connectivity index (χ4v) is 2.73. The third kappa shape index (κ3) is 6.95. The zero-order chi connectivity index (χ0) is 21.6. The Morgan fingerprint density at radius 1 is 1.10 bits per heavy atom. The molecule has 29 heavy (non-hydrogen) atoms. The molecule has 0 bridgehead atoms. The van der Waals surface area contributed by atoms with Gasteiger partial charge < -0.3 is 29.3 Å². The molecule has 0 radical (unpaired) electrons. The Kier molecular flexibility index (Phi) is 7.46. The van der Waals surface area contributed by atoms with E-state index in [9.17, 15) is 18.4 Å². The summed E-state index contributed by atoms with van der Waals surface area (Å²) in [6.45, 7) is 3.94. The summed E-state index contributed by atoms with van der Waals surface area (Å²) in [5.41, 5.74) is -0.124. The topological polar surface area (TPSA) is 80.3 Å². The number of methoxy groups -OCH3 is 1. The predicted molar refractivity (Wildman–Crippen MR) is 103 cm³/mol. The minimum absolute atomic E-state index is 0.0209. The van der Waals surface area contributed by atoms with E-state index in [0.717, 1.165) is 0 Å². The molecule has 2 amide bonds. The third-order valence-corrected chi connectivity index (χ3v) is 4.11. The van der Waals surface area contributed by atoms with Crippen molar-refractivity contribution in [1.29, 1.82) is 0 Å². The molecule has 1 fully saturated rings. The molecule has 1 heterocycles. The first-order valence-corrected chi connectivity index (χ1v) is 9.21. The quantitative estimate of drug-likeness (QED) is 0.770. The van der Waals surface area contributed by atoms with Gasteiger partial charge in [0.2, 0.25) is 5.91 Å². The number of halogens is 2. The van der Waals surface area contributed by atoms with Crippen LogP contribution in [0.25, 0.3) is 0 Å². The Bertz CT molecular complexity index is 716. The van der Waals surface area contributed by atoms with E-state index in [2.05, 4.69) is 10.1 Å². The zero-order valence-electron chi connectivity index (χ0n) is 17.0. The molecule has 1 saturated heterocycles. The zero-order valence-corrected chi connectivity index (χ0v) is 17.0. The van der Waals surface area contributed by atoms with Crippen molar-refractivity contribution >= 4 is 17.7 Å². The molecule has 1 N–H and O–H groups in total. The van der Waals surface area contributed by atoms with Gasteiger partial charge in [-0.15, -0.1) is 0 Å². The number of piperazine rings is 1. The molecule has 162 valence electrons. The maximum absolute atomic E-state index is 12.5. The van der Waals surface area contributed by atoms with E-state index < -0.39 is 18.3 Å². The summed E-state index contributed by atoms with van der Waals surface area (Å²) in [7, 11) is 1.35. The highest BCUT2D eigenvalue weighted by atomic mass is 19.3. The highest BCUT2D eigenvalue weighted by molar-refractivity contribution is 5.81. The van der Waals surface area contributed by atoms with E-state index in [1.807, 2.05) is 0 Å². The van der Waals surface area contributed by atoms with Gasteiger partial charge in [0, 0.05) is 37.9 Å². The Hall–Kier alpha value is -2.78. The Labute approximate surface area is 168 Å². The van der Waals surface area contributed by atoms with Crippen LogP contribution in [0.4, 0.5) is 19.3 Å². The van der Waals surface area contributed by atoms with Crippen molar-refractivity contribution in [3.63, 3.8) is 0 Å². The van der Waals surface area contributed by atoms with Crippen molar-refractivity contribution in [2.75, 3.05) is 45.2 Å². The third-order valence-electron chi connectivity index (χ3n) is 4.11. The molecule has 10 heteroatoms. The van der Waals surface area contributed by atoms with Gasteiger partial charge in [0.05, 0.1) is 13.7 Å². The molecule has 8 nitrogen and oxygen atoms in total. The fourth-order valence-electron chi connectivity index (χ4n) is 2.73. The summed E-state index contributed by atoms with van der Waals surface area (Å²) in [6, 6.07) is 4.42. The molecule has 1 aromatic rings. The first-order chi connectivity index (χ1) is 13.6. The minimum Gasteiger partial charge on any atom is -0.493 e. The standard InChI is InChI=1S/C19H27F2N3O5/c1-19(2,3)29-18(26)24-9-7-23(8-10-24)16(25)12-22-13-5-6-14(27-4)15(11-13)28-17(20)21/h5-6,11,17,22H,7-10,12H2,1-4H3. The molecule has 0 unspecified atom stereocenters. The minimum atomic E-state index is -2.98. The number of amides is 2. The van der Waals surface area contributed by atoms with Gasteiger partial charge in [0.15, 0.2) is 11.5 Å². The number of hydrogen-bond acceptors (Lipinski definition) is 6. The Morgan fingerprint density at radius 3 is 2.28 bits per heavy atom. The van der Waals surface area contributed by atoms with E-state index in [-0.39, 0.29) is 24.0 Å². The normalized spacial score (nSPS) is 14.6. The summed E-state index contributed by atoms with van der Waals surface area (Å²) in [6.07, 6.45) is -0.396. The van der Waals surface area contributed by atoms with E-state index in [1.54, 1.807) is 36.6 Å². The summed E-state index contributed by atoms with van der Waals surface area (Å²) in [5, 5.41) is 2.89. The molecule has 0 atom stereocenters. The van der Waals surface area contributed by atoms with Gasteiger partial charge in [-0.2, -0.15) is 8.78 Å². The van der Waals surface area contributed by atoms with Gasteiger partial charge in [-0.1, -0.05) is 0 Å². The van der Waals surface area contributed by atoms with Crippen LogP contribution in [0.5, 0.6) is 11.5 Å². The first-order valence-electron chi connectivity index (χ1n) is 9.21. The molecule has 2 rings (SSSR count). The summed E-state index contributed by atoms with van der Waals surface area (Å²) in [4.78, 5) is 27.7. The monoisotopic (exact) mass is 415 g/mol. The average Bonchev–Trinajstić information content (AvgIpc) is 2.64. The van der Waals surface area contributed by atoms with Crippen LogP contribution in [0.3, 0.4) is 0 Å². The average molecular weight is 415 g/mol. The molecule has 0 aromatic heterocycles. The SMILES string of the molecule is COc1ccc(NCC(=O)N2CCN(C(=O)OC(C)(C)C)CC2)cc1OC(F)F. The van der Waals surface area contributed by atoms with Crippen LogP contribution in [0.15, 0.2) is 18.2 Å². The van der Waals surface area contributed by atoms with Gasteiger partial charge >= 0.3 is 12.7 Å². The number of benzene rings is 1. The van der Waals surface area contributed by atoms with Crippen molar-refractivity contribution in [1.82, 2.24) is 9.80 Å². The van der Waals surface area contributed by atoms with Crippen LogP contribution >= 0.6 is 0 Å². The molecule has 0 saturated carbocycles. The Balaban J connectivity index is 1.85.